The number of rotatable bonds is 7. The van der Waals surface area contributed by atoms with E-state index in [4.69, 9.17) is 14.2 Å². The SMILES string of the molecule is CCOC(=O)C(CC)Oc1ccc2c(Br)c(OC)ccc2c1C=O. The number of esters is 1. The molecule has 0 amide bonds. The van der Waals surface area contributed by atoms with E-state index in [1.807, 2.05) is 13.0 Å². The minimum absolute atomic E-state index is 0.281. The van der Waals surface area contributed by atoms with E-state index in [9.17, 15) is 9.59 Å². The maximum atomic E-state index is 11.9. The number of hydrogen-bond donors (Lipinski definition) is 0. The van der Waals surface area contributed by atoms with Crippen molar-refractivity contribution in [3.8, 4) is 11.5 Å². The van der Waals surface area contributed by atoms with Crippen molar-refractivity contribution in [1.29, 1.82) is 0 Å². The second kappa shape index (κ2) is 8.15. The lowest BCUT2D eigenvalue weighted by Crippen LogP contribution is -2.29. The lowest BCUT2D eigenvalue weighted by atomic mass is 10.0. The molecule has 2 aromatic carbocycles. The van der Waals surface area contributed by atoms with Crippen molar-refractivity contribution in [3.05, 3.63) is 34.3 Å². The van der Waals surface area contributed by atoms with Crippen LogP contribution in [0.3, 0.4) is 0 Å². The molecule has 24 heavy (non-hydrogen) atoms. The molecule has 0 aromatic heterocycles. The van der Waals surface area contributed by atoms with Gasteiger partial charge in [0.15, 0.2) is 12.4 Å². The summed E-state index contributed by atoms with van der Waals surface area (Å²) in [6.07, 6.45) is 0.429. The lowest BCUT2D eigenvalue weighted by Gasteiger charge is -2.18. The average Bonchev–Trinajstić information content (AvgIpc) is 2.59. The van der Waals surface area contributed by atoms with Gasteiger partial charge in [-0.1, -0.05) is 6.92 Å². The van der Waals surface area contributed by atoms with Gasteiger partial charge in [0, 0.05) is 5.39 Å². The van der Waals surface area contributed by atoms with Crippen LogP contribution in [0.15, 0.2) is 28.7 Å². The van der Waals surface area contributed by atoms with Crippen LogP contribution in [0.4, 0.5) is 0 Å². The maximum absolute atomic E-state index is 11.9. The summed E-state index contributed by atoms with van der Waals surface area (Å²) in [5, 5.41) is 1.54. The zero-order valence-electron chi connectivity index (χ0n) is 13.8. The summed E-state index contributed by atoms with van der Waals surface area (Å²) in [5.41, 5.74) is 0.388. The highest BCUT2D eigenvalue weighted by atomic mass is 79.9. The van der Waals surface area contributed by atoms with Crippen LogP contribution >= 0.6 is 15.9 Å². The van der Waals surface area contributed by atoms with Gasteiger partial charge in [-0.2, -0.15) is 0 Å². The van der Waals surface area contributed by atoms with E-state index in [1.54, 1.807) is 32.2 Å². The number of fused-ring (bicyclic) bond motifs is 1. The van der Waals surface area contributed by atoms with Crippen molar-refractivity contribution in [2.75, 3.05) is 13.7 Å². The Balaban J connectivity index is 2.48. The van der Waals surface area contributed by atoms with Crippen molar-refractivity contribution < 1.29 is 23.8 Å². The molecule has 5 nitrogen and oxygen atoms in total. The highest BCUT2D eigenvalue weighted by Gasteiger charge is 2.22. The third-order valence-corrected chi connectivity index (χ3v) is 4.45. The lowest BCUT2D eigenvalue weighted by molar-refractivity contribution is -0.151. The second-order valence-electron chi connectivity index (χ2n) is 5.04. The Morgan fingerprint density at radius 1 is 1.17 bits per heavy atom. The van der Waals surface area contributed by atoms with Gasteiger partial charge in [0.25, 0.3) is 0 Å². The monoisotopic (exact) mass is 394 g/mol. The molecule has 0 fully saturated rings. The Bertz CT molecular complexity index is 757. The zero-order chi connectivity index (χ0) is 17.7. The molecule has 0 saturated heterocycles. The summed E-state index contributed by atoms with van der Waals surface area (Å²) in [5.74, 6) is 0.591. The second-order valence-corrected chi connectivity index (χ2v) is 5.83. The number of ether oxygens (including phenoxy) is 3. The van der Waals surface area contributed by atoms with Crippen molar-refractivity contribution in [2.24, 2.45) is 0 Å². The van der Waals surface area contributed by atoms with Crippen LogP contribution < -0.4 is 9.47 Å². The summed E-state index contributed by atoms with van der Waals surface area (Å²) in [6.45, 7) is 3.84. The van der Waals surface area contributed by atoms with Gasteiger partial charge in [-0.25, -0.2) is 4.79 Å². The van der Waals surface area contributed by atoms with Crippen molar-refractivity contribution in [2.45, 2.75) is 26.4 Å². The van der Waals surface area contributed by atoms with Crippen molar-refractivity contribution >= 4 is 39.0 Å². The van der Waals surface area contributed by atoms with Gasteiger partial charge < -0.3 is 14.2 Å². The van der Waals surface area contributed by atoms with Crippen molar-refractivity contribution in [3.63, 3.8) is 0 Å². The fourth-order valence-electron chi connectivity index (χ4n) is 2.42. The van der Waals surface area contributed by atoms with Gasteiger partial charge in [0.1, 0.15) is 11.5 Å². The van der Waals surface area contributed by atoms with Crippen LogP contribution in [0.25, 0.3) is 10.8 Å². The molecule has 128 valence electrons. The molecular formula is C18H19BrO5. The molecule has 2 aromatic rings. The summed E-state index contributed by atoms with van der Waals surface area (Å²) in [6, 6.07) is 7.06. The molecule has 0 N–H and O–H groups in total. The Hall–Kier alpha value is -2.08. The number of aldehydes is 1. The number of carbonyl (C=O) groups excluding carboxylic acids is 2. The number of hydrogen-bond acceptors (Lipinski definition) is 5. The fourth-order valence-corrected chi connectivity index (χ4v) is 3.06. The largest absolute Gasteiger partial charge is 0.496 e. The van der Waals surface area contributed by atoms with E-state index >= 15 is 0 Å². The number of methoxy groups -OCH3 is 1. The van der Waals surface area contributed by atoms with Gasteiger partial charge in [0.05, 0.1) is 23.8 Å². The maximum Gasteiger partial charge on any atom is 0.347 e. The molecule has 0 aliphatic heterocycles. The smallest absolute Gasteiger partial charge is 0.347 e. The molecule has 6 heteroatoms. The first-order valence-corrected chi connectivity index (χ1v) is 8.44. The third-order valence-electron chi connectivity index (χ3n) is 3.63. The summed E-state index contributed by atoms with van der Waals surface area (Å²) in [7, 11) is 1.58. The van der Waals surface area contributed by atoms with Crippen LogP contribution in [0, 0.1) is 0 Å². The minimum Gasteiger partial charge on any atom is -0.496 e. The molecular weight excluding hydrogens is 376 g/mol. The molecule has 0 radical (unpaired) electrons. The summed E-state index contributed by atoms with van der Waals surface area (Å²) >= 11 is 3.48. The first-order valence-electron chi connectivity index (χ1n) is 7.64. The Labute approximate surface area is 149 Å². The highest BCUT2D eigenvalue weighted by Crippen LogP contribution is 2.37. The first-order chi connectivity index (χ1) is 11.6. The molecule has 0 bridgehead atoms. The Morgan fingerprint density at radius 2 is 1.83 bits per heavy atom. The van der Waals surface area contributed by atoms with E-state index in [0.717, 1.165) is 16.1 Å². The minimum atomic E-state index is -0.747. The van der Waals surface area contributed by atoms with Crippen LogP contribution in [0.5, 0.6) is 11.5 Å². The van der Waals surface area contributed by atoms with Gasteiger partial charge in [-0.3, -0.25) is 4.79 Å². The molecule has 2 rings (SSSR count). The number of carbonyl (C=O) groups is 2. The summed E-state index contributed by atoms with van der Waals surface area (Å²) in [4.78, 5) is 23.5. The Morgan fingerprint density at radius 3 is 2.42 bits per heavy atom. The predicted molar refractivity (Wildman–Crippen MR) is 94.9 cm³/mol. The van der Waals surface area contributed by atoms with E-state index < -0.39 is 12.1 Å². The van der Waals surface area contributed by atoms with Gasteiger partial charge in [-0.15, -0.1) is 0 Å². The van der Waals surface area contributed by atoms with Gasteiger partial charge >= 0.3 is 5.97 Å². The van der Waals surface area contributed by atoms with Gasteiger partial charge in [-0.05, 0) is 58.9 Å². The predicted octanol–water partition coefficient (Wildman–Crippen LogP) is 4.14. The van der Waals surface area contributed by atoms with Crippen molar-refractivity contribution in [1.82, 2.24) is 0 Å². The Kier molecular flexibility index (Phi) is 6.20. The molecule has 0 heterocycles. The quantitative estimate of drug-likeness (QED) is 0.521. The topological polar surface area (TPSA) is 61.8 Å². The first kappa shape index (κ1) is 18.3. The van der Waals surface area contributed by atoms with E-state index in [1.165, 1.54) is 0 Å². The van der Waals surface area contributed by atoms with Crippen LogP contribution in [0.1, 0.15) is 30.6 Å². The molecule has 0 aliphatic rings. The molecule has 0 saturated carbocycles. The van der Waals surface area contributed by atoms with E-state index in [0.29, 0.717) is 28.9 Å². The average molecular weight is 395 g/mol. The zero-order valence-corrected chi connectivity index (χ0v) is 15.4. The standard InChI is InChI=1S/C18H19BrO5/c1-4-14(18(21)23-5-2)24-15-8-7-12-11(13(15)10-20)6-9-16(22-3)17(12)19/h6-10,14H,4-5H2,1-3H3. The highest BCUT2D eigenvalue weighted by molar-refractivity contribution is 9.10. The summed E-state index contributed by atoms with van der Waals surface area (Å²) < 4.78 is 16.8. The van der Waals surface area contributed by atoms with E-state index in [2.05, 4.69) is 15.9 Å². The number of benzene rings is 2. The molecule has 1 unspecified atom stereocenters. The van der Waals surface area contributed by atoms with E-state index in [-0.39, 0.29) is 6.61 Å². The van der Waals surface area contributed by atoms with Crippen LogP contribution in [0.2, 0.25) is 0 Å². The molecule has 1 atom stereocenters. The molecule has 0 spiro atoms. The number of halogens is 1. The van der Waals surface area contributed by atoms with Crippen LogP contribution in [-0.4, -0.2) is 32.1 Å². The fraction of sp³-hybridized carbons (Fsp3) is 0.333. The molecule has 0 aliphatic carbocycles. The third kappa shape index (κ3) is 3.53. The normalized spacial score (nSPS) is 11.8. The van der Waals surface area contributed by atoms with Gasteiger partial charge in [0.2, 0.25) is 0 Å². The van der Waals surface area contributed by atoms with Crippen LogP contribution in [-0.2, 0) is 9.53 Å².